The predicted molar refractivity (Wildman–Crippen MR) is 298 cm³/mol. The topological polar surface area (TPSA) is 139 Å². The molecule has 0 amide bonds. The van der Waals surface area contributed by atoms with Crippen LogP contribution in [0.2, 0.25) is 0 Å². The van der Waals surface area contributed by atoms with Crippen LogP contribution in [-0.2, 0) is 47.7 Å². The number of carbonyl (C=O) groups excluding carboxylic acids is 6. The van der Waals surface area contributed by atoms with Crippen LogP contribution in [0.25, 0.3) is 0 Å². The van der Waals surface area contributed by atoms with Gasteiger partial charge in [0.1, 0.15) is 0 Å². The number of allylic oxidation sites excluding steroid dienone is 20. The summed E-state index contributed by atoms with van der Waals surface area (Å²) in [6.45, 7) is 24.8. The zero-order valence-corrected chi connectivity index (χ0v) is 47.2. The molecular weight excluding hydrogens is 929 g/mol. The summed E-state index contributed by atoms with van der Waals surface area (Å²) in [6, 6.07) is 0. The van der Waals surface area contributed by atoms with E-state index in [0.29, 0.717) is 49.0 Å². The highest BCUT2D eigenvalue weighted by Crippen LogP contribution is 2.42. The predicted octanol–water partition coefficient (Wildman–Crippen LogP) is 14.8. The quantitative estimate of drug-likeness (QED) is 0.0620. The molecule has 406 valence electrons. The molecule has 4 aliphatic rings. The molecule has 10 nitrogen and oxygen atoms in total. The Labute approximate surface area is 445 Å². The van der Waals surface area contributed by atoms with E-state index in [4.69, 9.17) is 18.9 Å². The second-order valence-corrected chi connectivity index (χ2v) is 22.0. The van der Waals surface area contributed by atoms with Gasteiger partial charge >= 0.3 is 23.9 Å². The van der Waals surface area contributed by atoms with Crippen LogP contribution in [0.3, 0.4) is 0 Å². The normalized spacial score (nSPS) is 21.8. The Morgan fingerprint density at radius 3 is 1.23 bits per heavy atom. The monoisotopic (exact) mass is 1020 g/mol. The maximum atomic E-state index is 13.1. The molecule has 10 heteroatoms. The van der Waals surface area contributed by atoms with Crippen LogP contribution in [0.4, 0.5) is 0 Å². The van der Waals surface area contributed by atoms with Crippen molar-refractivity contribution in [2.75, 3.05) is 13.2 Å². The van der Waals surface area contributed by atoms with E-state index in [1.165, 1.54) is 44.1 Å². The van der Waals surface area contributed by atoms with E-state index in [1.54, 1.807) is 13.8 Å². The molecule has 2 atom stereocenters. The minimum atomic E-state index is -0.834. The first kappa shape index (κ1) is 62.7. The van der Waals surface area contributed by atoms with E-state index < -0.39 is 24.1 Å². The Bertz CT molecular complexity index is 2300. The second kappa shape index (κ2) is 31.9. The number of carbonyl (C=O) groups is 6. The number of rotatable bonds is 21. The van der Waals surface area contributed by atoms with Crippen molar-refractivity contribution in [3.63, 3.8) is 0 Å². The van der Waals surface area contributed by atoms with E-state index in [2.05, 4.69) is 27.7 Å². The SMILES string of the molecule is C/C=C(C)/C=C/C=C(C)/C=C/C1=C(C)C(=O)C(OC(=O)CCC(=O)OCC2CCCCC2)CC1(C)C.C/C=C/C=C(C)/C=C/C=C(C)/C=C/C1=C(C)C(=O)C(OC(=O)CCC(=O)OCC2CCCCC2)CC1(C)C. The van der Waals surface area contributed by atoms with Gasteiger partial charge in [0, 0.05) is 12.8 Å². The highest BCUT2D eigenvalue weighted by molar-refractivity contribution is 6.02. The van der Waals surface area contributed by atoms with Crippen molar-refractivity contribution >= 4 is 35.4 Å². The van der Waals surface area contributed by atoms with Gasteiger partial charge in [-0.25, -0.2) is 0 Å². The van der Waals surface area contributed by atoms with Gasteiger partial charge in [0.25, 0.3) is 0 Å². The summed E-state index contributed by atoms with van der Waals surface area (Å²) in [4.78, 5) is 75.1. The smallest absolute Gasteiger partial charge is 0.307 e. The standard InChI is InChI=1S/C33H46O5.C31H44O5/c1-7-8-13-24(2)14-12-15-25(3)18-19-28-26(4)32(36)29(22-33(28,5)6)38-31(35)21-20-30(34)37-23-27-16-10-9-11-17-27;1-7-22(2)12-11-13-23(3)16-17-26-24(4)30(34)27(20-31(26,5)6)36-29(33)19-18-28(32)35-21-25-14-9-8-10-15-25/h7-8,12-15,18-19,27,29H,9-11,16-17,20-23H2,1-6H3;7,11-13,16-17,25,27H,8-10,14-15,18-21H2,1-6H3/b8-7+,14-12+,19-18+,24-13+,25-15+;12-11+,17-16+,22-7+,23-13+. The molecule has 4 rings (SSSR count). The molecule has 0 aromatic carbocycles. The first-order chi connectivity index (χ1) is 35.1. The fraction of sp³-hybridized carbons (Fsp3) is 0.562. The van der Waals surface area contributed by atoms with Gasteiger partial charge in [-0.2, -0.15) is 0 Å². The summed E-state index contributed by atoms with van der Waals surface area (Å²) >= 11 is 0. The molecule has 0 aliphatic heterocycles. The van der Waals surface area contributed by atoms with Gasteiger partial charge < -0.3 is 18.9 Å². The molecular formula is C64H90O10. The fourth-order valence-electron chi connectivity index (χ4n) is 9.75. The third-order valence-electron chi connectivity index (χ3n) is 14.5. The van der Waals surface area contributed by atoms with Gasteiger partial charge in [0.15, 0.2) is 23.8 Å². The van der Waals surface area contributed by atoms with Crippen LogP contribution >= 0.6 is 0 Å². The minimum Gasteiger partial charge on any atom is -0.465 e. The zero-order valence-electron chi connectivity index (χ0n) is 47.2. The third kappa shape index (κ3) is 22.5. The van der Waals surface area contributed by atoms with Gasteiger partial charge in [0.05, 0.1) is 38.9 Å². The Balaban J connectivity index is 0.000000391. The van der Waals surface area contributed by atoms with Gasteiger partial charge in [-0.05, 0) is 126 Å². The Hall–Kier alpha value is -5.64. The first-order valence-corrected chi connectivity index (χ1v) is 27.3. The van der Waals surface area contributed by atoms with Gasteiger partial charge in [-0.15, -0.1) is 0 Å². The number of Topliss-reactive ketones (excluding diaryl/α,β-unsaturated/α-hetero) is 2. The van der Waals surface area contributed by atoms with Gasteiger partial charge in [-0.1, -0.05) is 174 Å². The minimum absolute atomic E-state index is 0.0215. The lowest BCUT2D eigenvalue weighted by Gasteiger charge is -2.36. The molecule has 2 fully saturated rings. The zero-order chi connectivity index (χ0) is 54.8. The van der Waals surface area contributed by atoms with E-state index in [0.717, 1.165) is 53.5 Å². The molecule has 2 unspecified atom stereocenters. The molecule has 0 radical (unpaired) electrons. The maximum absolute atomic E-state index is 13.1. The van der Waals surface area contributed by atoms with Crippen molar-refractivity contribution in [3.8, 4) is 0 Å². The second-order valence-electron chi connectivity index (χ2n) is 22.0. The molecule has 4 aliphatic carbocycles. The number of hydrogen-bond donors (Lipinski definition) is 0. The largest absolute Gasteiger partial charge is 0.465 e. The molecule has 0 aromatic rings. The van der Waals surface area contributed by atoms with Crippen molar-refractivity contribution in [1.29, 1.82) is 0 Å². The van der Waals surface area contributed by atoms with Gasteiger partial charge in [-0.3, -0.25) is 28.8 Å². The summed E-state index contributed by atoms with van der Waals surface area (Å²) in [5.41, 5.74) is 6.92. The van der Waals surface area contributed by atoms with Crippen LogP contribution in [0, 0.1) is 22.7 Å². The van der Waals surface area contributed by atoms with Crippen molar-refractivity contribution < 1.29 is 47.7 Å². The highest BCUT2D eigenvalue weighted by atomic mass is 16.6. The van der Waals surface area contributed by atoms with Gasteiger partial charge in [0.2, 0.25) is 0 Å². The van der Waals surface area contributed by atoms with E-state index >= 15 is 0 Å². The van der Waals surface area contributed by atoms with Crippen molar-refractivity contribution in [2.45, 2.75) is 198 Å². The third-order valence-corrected chi connectivity index (χ3v) is 14.5. The molecule has 0 heterocycles. The summed E-state index contributed by atoms with van der Waals surface area (Å²) in [5, 5.41) is 0. The number of hydrogen-bond acceptors (Lipinski definition) is 10. The van der Waals surface area contributed by atoms with Crippen LogP contribution in [0.5, 0.6) is 0 Å². The lowest BCUT2D eigenvalue weighted by Crippen LogP contribution is -2.39. The molecule has 0 bridgehead atoms. The molecule has 0 saturated heterocycles. The maximum Gasteiger partial charge on any atom is 0.307 e. The van der Waals surface area contributed by atoms with Crippen LogP contribution in [-0.4, -0.2) is 60.9 Å². The number of esters is 4. The van der Waals surface area contributed by atoms with E-state index in [1.807, 2.05) is 127 Å². The Kier molecular flexibility index (Phi) is 27.0. The molecule has 0 spiro atoms. The highest BCUT2D eigenvalue weighted by Gasteiger charge is 2.41. The number of ether oxygens (including phenoxy) is 4. The fourth-order valence-corrected chi connectivity index (χ4v) is 9.75. The van der Waals surface area contributed by atoms with Crippen molar-refractivity contribution in [2.24, 2.45) is 22.7 Å². The average Bonchev–Trinajstić information content (AvgIpc) is 3.36. The summed E-state index contributed by atoms with van der Waals surface area (Å²) in [6.07, 6.45) is 38.9. The summed E-state index contributed by atoms with van der Waals surface area (Å²) in [5.74, 6) is -1.31. The molecule has 0 N–H and O–H groups in total. The molecule has 74 heavy (non-hydrogen) atoms. The molecule has 2 saturated carbocycles. The first-order valence-electron chi connectivity index (χ1n) is 27.3. The summed E-state index contributed by atoms with van der Waals surface area (Å²) in [7, 11) is 0. The lowest BCUT2D eigenvalue weighted by atomic mass is 9.71. The Morgan fingerprint density at radius 1 is 0.500 bits per heavy atom. The number of ketones is 2. The summed E-state index contributed by atoms with van der Waals surface area (Å²) < 4.78 is 21.8. The van der Waals surface area contributed by atoms with Crippen molar-refractivity contribution in [3.05, 3.63) is 130 Å². The van der Waals surface area contributed by atoms with Crippen LogP contribution < -0.4 is 0 Å². The van der Waals surface area contributed by atoms with E-state index in [-0.39, 0.29) is 60.0 Å². The van der Waals surface area contributed by atoms with Crippen LogP contribution in [0.1, 0.15) is 186 Å². The van der Waals surface area contributed by atoms with Crippen LogP contribution in [0.15, 0.2) is 130 Å². The van der Waals surface area contributed by atoms with Crippen molar-refractivity contribution in [1.82, 2.24) is 0 Å². The lowest BCUT2D eigenvalue weighted by molar-refractivity contribution is -0.158. The Morgan fingerprint density at radius 2 is 0.851 bits per heavy atom. The average molecular weight is 1020 g/mol. The van der Waals surface area contributed by atoms with E-state index in [9.17, 15) is 28.8 Å². The molecule has 0 aromatic heterocycles.